The standard InChI is InChI=1S/C13H23NO2/c1-10(2)13(16)9-14-6-4-12(5-7-14)8-11(3)15/h10,12H,4-9H2,1-3H3. The molecule has 92 valence electrons. The van der Waals surface area contributed by atoms with Gasteiger partial charge in [-0.15, -0.1) is 0 Å². The number of rotatable bonds is 5. The van der Waals surface area contributed by atoms with Crippen LogP contribution in [-0.2, 0) is 9.59 Å². The molecule has 3 nitrogen and oxygen atoms in total. The second-order valence-corrected chi connectivity index (χ2v) is 5.25. The number of likely N-dealkylation sites (tertiary alicyclic amines) is 1. The van der Waals surface area contributed by atoms with E-state index in [0.29, 0.717) is 24.7 Å². The first-order chi connectivity index (χ1) is 7.49. The number of nitrogens with zero attached hydrogens (tertiary/aromatic N) is 1. The lowest BCUT2D eigenvalue weighted by Crippen LogP contribution is -2.38. The summed E-state index contributed by atoms with van der Waals surface area (Å²) in [5.41, 5.74) is 0. The van der Waals surface area contributed by atoms with Crippen LogP contribution in [0.3, 0.4) is 0 Å². The van der Waals surface area contributed by atoms with Crippen LogP contribution in [0.25, 0.3) is 0 Å². The highest BCUT2D eigenvalue weighted by atomic mass is 16.1. The quantitative estimate of drug-likeness (QED) is 0.717. The molecule has 1 fully saturated rings. The van der Waals surface area contributed by atoms with Gasteiger partial charge in [-0.2, -0.15) is 0 Å². The highest BCUT2D eigenvalue weighted by molar-refractivity contribution is 5.82. The molecule has 0 amide bonds. The molecule has 0 aromatic rings. The van der Waals surface area contributed by atoms with E-state index in [4.69, 9.17) is 0 Å². The average Bonchev–Trinajstić information content (AvgIpc) is 2.20. The van der Waals surface area contributed by atoms with Crippen molar-refractivity contribution < 1.29 is 9.59 Å². The van der Waals surface area contributed by atoms with Gasteiger partial charge in [-0.05, 0) is 38.8 Å². The molecule has 0 atom stereocenters. The van der Waals surface area contributed by atoms with Gasteiger partial charge in [0.05, 0.1) is 6.54 Å². The SMILES string of the molecule is CC(=O)CC1CCN(CC(=O)C(C)C)CC1. The van der Waals surface area contributed by atoms with Crippen LogP contribution in [0.15, 0.2) is 0 Å². The zero-order chi connectivity index (χ0) is 12.1. The van der Waals surface area contributed by atoms with Gasteiger partial charge in [0.25, 0.3) is 0 Å². The first kappa shape index (κ1) is 13.4. The van der Waals surface area contributed by atoms with Crippen molar-refractivity contribution in [3.63, 3.8) is 0 Å². The molecule has 0 aromatic heterocycles. The van der Waals surface area contributed by atoms with Gasteiger partial charge in [0.1, 0.15) is 11.6 Å². The topological polar surface area (TPSA) is 37.4 Å². The minimum absolute atomic E-state index is 0.134. The number of ketones is 2. The maximum atomic E-state index is 11.6. The summed E-state index contributed by atoms with van der Waals surface area (Å²) in [6.45, 7) is 8.08. The first-order valence-electron chi connectivity index (χ1n) is 6.23. The minimum Gasteiger partial charge on any atom is -0.300 e. The van der Waals surface area contributed by atoms with Crippen molar-refractivity contribution in [2.24, 2.45) is 11.8 Å². The third-order valence-electron chi connectivity index (χ3n) is 3.31. The van der Waals surface area contributed by atoms with E-state index in [9.17, 15) is 9.59 Å². The molecule has 0 bridgehead atoms. The molecule has 0 spiro atoms. The molecule has 0 saturated carbocycles. The lowest BCUT2D eigenvalue weighted by Gasteiger charge is -2.31. The van der Waals surface area contributed by atoms with Crippen molar-refractivity contribution in [1.29, 1.82) is 0 Å². The fourth-order valence-electron chi connectivity index (χ4n) is 2.16. The highest BCUT2D eigenvalue weighted by Gasteiger charge is 2.22. The highest BCUT2D eigenvalue weighted by Crippen LogP contribution is 2.20. The molecule has 1 heterocycles. The van der Waals surface area contributed by atoms with Crippen LogP contribution in [0.5, 0.6) is 0 Å². The van der Waals surface area contributed by atoms with Crippen molar-refractivity contribution in [2.75, 3.05) is 19.6 Å². The Hall–Kier alpha value is -0.700. The van der Waals surface area contributed by atoms with E-state index in [0.717, 1.165) is 25.9 Å². The molecule has 3 heteroatoms. The van der Waals surface area contributed by atoms with Crippen LogP contribution in [0, 0.1) is 11.8 Å². The maximum Gasteiger partial charge on any atom is 0.149 e. The zero-order valence-electron chi connectivity index (χ0n) is 10.7. The van der Waals surface area contributed by atoms with Gasteiger partial charge in [0.2, 0.25) is 0 Å². The predicted octanol–water partition coefficient (Wildman–Crippen LogP) is 1.90. The lowest BCUT2D eigenvalue weighted by molar-refractivity contribution is -0.124. The molecule has 1 saturated heterocycles. The Morgan fingerprint density at radius 1 is 1.25 bits per heavy atom. The van der Waals surface area contributed by atoms with Crippen LogP contribution < -0.4 is 0 Å². The van der Waals surface area contributed by atoms with Gasteiger partial charge in [-0.25, -0.2) is 0 Å². The Morgan fingerprint density at radius 3 is 2.25 bits per heavy atom. The van der Waals surface area contributed by atoms with E-state index in [-0.39, 0.29) is 11.7 Å². The molecule has 0 unspecified atom stereocenters. The summed E-state index contributed by atoms with van der Waals surface area (Å²) in [7, 11) is 0. The Kier molecular flexibility index (Phi) is 5.13. The summed E-state index contributed by atoms with van der Waals surface area (Å²) in [4.78, 5) is 24.8. The fraction of sp³-hybridized carbons (Fsp3) is 0.846. The van der Waals surface area contributed by atoms with Gasteiger partial charge >= 0.3 is 0 Å². The van der Waals surface area contributed by atoms with E-state index >= 15 is 0 Å². The predicted molar refractivity (Wildman–Crippen MR) is 64.3 cm³/mol. The second-order valence-electron chi connectivity index (χ2n) is 5.25. The Morgan fingerprint density at radius 2 is 1.81 bits per heavy atom. The Bertz CT molecular complexity index is 253. The zero-order valence-corrected chi connectivity index (χ0v) is 10.7. The minimum atomic E-state index is 0.134. The van der Waals surface area contributed by atoms with Crippen molar-refractivity contribution in [2.45, 2.75) is 40.0 Å². The molecular weight excluding hydrogens is 202 g/mol. The summed E-state index contributed by atoms with van der Waals surface area (Å²) >= 11 is 0. The molecule has 1 aliphatic heterocycles. The Labute approximate surface area is 98.2 Å². The summed E-state index contributed by atoms with van der Waals surface area (Å²) in [6.07, 6.45) is 2.84. The van der Waals surface area contributed by atoms with Crippen LogP contribution in [0.2, 0.25) is 0 Å². The Balaban J connectivity index is 2.27. The normalized spacial score (nSPS) is 19.0. The number of piperidine rings is 1. The van der Waals surface area contributed by atoms with E-state index in [1.807, 2.05) is 13.8 Å². The fourth-order valence-corrected chi connectivity index (χ4v) is 2.16. The largest absolute Gasteiger partial charge is 0.300 e. The van der Waals surface area contributed by atoms with Gasteiger partial charge in [-0.3, -0.25) is 9.69 Å². The van der Waals surface area contributed by atoms with Crippen LogP contribution in [0.1, 0.15) is 40.0 Å². The van der Waals surface area contributed by atoms with Gasteiger partial charge < -0.3 is 4.79 Å². The number of carbonyl (C=O) groups excluding carboxylic acids is 2. The molecule has 0 aliphatic carbocycles. The van der Waals surface area contributed by atoms with Gasteiger partial charge in [-0.1, -0.05) is 13.8 Å². The van der Waals surface area contributed by atoms with Crippen molar-refractivity contribution >= 4 is 11.6 Å². The van der Waals surface area contributed by atoms with Crippen molar-refractivity contribution in [1.82, 2.24) is 4.90 Å². The smallest absolute Gasteiger partial charge is 0.149 e. The number of hydrogen-bond acceptors (Lipinski definition) is 3. The van der Waals surface area contributed by atoms with Gasteiger partial charge in [0, 0.05) is 12.3 Å². The summed E-state index contributed by atoms with van der Waals surface area (Å²) < 4.78 is 0. The van der Waals surface area contributed by atoms with Crippen LogP contribution in [0.4, 0.5) is 0 Å². The number of carbonyl (C=O) groups is 2. The van der Waals surface area contributed by atoms with E-state index in [1.165, 1.54) is 0 Å². The molecule has 16 heavy (non-hydrogen) atoms. The third-order valence-corrected chi connectivity index (χ3v) is 3.31. The monoisotopic (exact) mass is 225 g/mol. The van der Waals surface area contributed by atoms with E-state index in [2.05, 4.69) is 4.90 Å². The van der Waals surface area contributed by atoms with Gasteiger partial charge in [0.15, 0.2) is 0 Å². The summed E-state index contributed by atoms with van der Waals surface area (Å²) in [5, 5.41) is 0. The number of hydrogen-bond donors (Lipinski definition) is 0. The molecule has 1 rings (SSSR count). The summed E-state index contributed by atoms with van der Waals surface area (Å²) in [6, 6.07) is 0. The molecule has 0 N–H and O–H groups in total. The van der Waals surface area contributed by atoms with Crippen LogP contribution >= 0.6 is 0 Å². The molecule has 0 aromatic carbocycles. The number of Topliss-reactive ketones (excluding diaryl/α,β-unsaturated/α-hetero) is 2. The molecular formula is C13H23NO2. The lowest BCUT2D eigenvalue weighted by atomic mass is 9.92. The first-order valence-corrected chi connectivity index (χ1v) is 6.23. The third kappa shape index (κ3) is 4.44. The second kappa shape index (κ2) is 6.14. The van der Waals surface area contributed by atoms with Crippen LogP contribution in [-0.4, -0.2) is 36.1 Å². The van der Waals surface area contributed by atoms with Crippen molar-refractivity contribution in [3.8, 4) is 0 Å². The van der Waals surface area contributed by atoms with E-state index in [1.54, 1.807) is 6.92 Å². The van der Waals surface area contributed by atoms with E-state index < -0.39 is 0 Å². The van der Waals surface area contributed by atoms with Crippen molar-refractivity contribution in [3.05, 3.63) is 0 Å². The summed E-state index contributed by atoms with van der Waals surface area (Å²) in [5.74, 6) is 1.29. The molecule has 1 aliphatic rings. The maximum absolute atomic E-state index is 11.6. The molecule has 0 radical (unpaired) electrons. The average molecular weight is 225 g/mol.